The van der Waals surface area contributed by atoms with Crippen LogP contribution in [0.25, 0.3) is 0 Å². The van der Waals surface area contributed by atoms with Crippen molar-refractivity contribution < 1.29 is 24.2 Å². The van der Waals surface area contributed by atoms with Crippen molar-refractivity contribution in [3.05, 3.63) is 48.6 Å². The van der Waals surface area contributed by atoms with E-state index in [0.717, 1.165) is 70.6 Å². The molecular weight excluding hydrogens is 596 g/mol. The van der Waals surface area contributed by atoms with E-state index in [0.29, 0.717) is 12.8 Å². The number of esters is 2. The lowest BCUT2D eigenvalue weighted by Gasteiger charge is -2.15. The van der Waals surface area contributed by atoms with Gasteiger partial charge in [0.15, 0.2) is 6.10 Å². The molecule has 0 rings (SSSR count). The van der Waals surface area contributed by atoms with Gasteiger partial charge in [-0.15, -0.1) is 0 Å². The number of hydrogen-bond acceptors (Lipinski definition) is 5. The van der Waals surface area contributed by atoms with Crippen molar-refractivity contribution in [1.82, 2.24) is 0 Å². The lowest BCUT2D eigenvalue weighted by molar-refractivity contribution is -0.161. The third kappa shape index (κ3) is 36.7. The van der Waals surface area contributed by atoms with Crippen molar-refractivity contribution in [1.29, 1.82) is 0 Å². The van der Waals surface area contributed by atoms with Gasteiger partial charge in [-0.05, 0) is 70.6 Å². The van der Waals surface area contributed by atoms with Crippen LogP contribution >= 0.6 is 0 Å². The molecule has 1 N–H and O–H groups in total. The Morgan fingerprint density at radius 1 is 0.500 bits per heavy atom. The Balaban J connectivity index is 3.57. The highest BCUT2D eigenvalue weighted by Crippen LogP contribution is 2.13. The van der Waals surface area contributed by atoms with E-state index < -0.39 is 6.10 Å². The summed E-state index contributed by atoms with van der Waals surface area (Å²) in [6.45, 7) is 4.01. The molecule has 5 heteroatoms. The first-order valence-electron chi connectivity index (χ1n) is 20.2. The van der Waals surface area contributed by atoms with Crippen molar-refractivity contribution in [2.75, 3.05) is 13.2 Å². The Labute approximate surface area is 297 Å². The average Bonchev–Trinajstić information content (AvgIpc) is 3.09. The number of carbonyl (C=O) groups excluding carboxylic acids is 2. The third-order valence-electron chi connectivity index (χ3n) is 8.61. The number of rotatable bonds is 36. The average molecular weight is 673 g/mol. The molecule has 0 radical (unpaired) electrons. The summed E-state index contributed by atoms with van der Waals surface area (Å²) in [6, 6.07) is 0. The van der Waals surface area contributed by atoms with E-state index in [1.165, 1.54) is 96.3 Å². The quantitative estimate of drug-likeness (QED) is 0.0407. The lowest BCUT2D eigenvalue weighted by Crippen LogP contribution is -2.28. The molecule has 0 fully saturated rings. The normalized spacial score (nSPS) is 12.6. The Bertz CT molecular complexity index is 812. The van der Waals surface area contributed by atoms with Gasteiger partial charge >= 0.3 is 11.9 Å². The minimum atomic E-state index is -0.779. The van der Waals surface area contributed by atoms with Crippen LogP contribution in [-0.2, 0) is 19.1 Å². The minimum absolute atomic E-state index is 0.0759. The molecule has 0 aromatic rings. The minimum Gasteiger partial charge on any atom is -0.462 e. The summed E-state index contributed by atoms with van der Waals surface area (Å²) in [4.78, 5) is 24.3. The van der Waals surface area contributed by atoms with Crippen LogP contribution in [-0.4, -0.2) is 36.4 Å². The van der Waals surface area contributed by atoms with Gasteiger partial charge in [-0.25, -0.2) is 0 Å². The molecule has 0 aromatic heterocycles. The van der Waals surface area contributed by atoms with Gasteiger partial charge in [-0.1, -0.05) is 159 Å². The maximum absolute atomic E-state index is 12.2. The van der Waals surface area contributed by atoms with Crippen LogP contribution in [0.15, 0.2) is 48.6 Å². The van der Waals surface area contributed by atoms with Crippen LogP contribution in [0.1, 0.15) is 194 Å². The molecule has 0 spiro atoms. The summed E-state index contributed by atoms with van der Waals surface area (Å²) in [7, 11) is 0. The van der Waals surface area contributed by atoms with Gasteiger partial charge in [-0.3, -0.25) is 9.59 Å². The van der Waals surface area contributed by atoms with Gasteiger partial charge in [0, 0.05) is 12.8 Å². The molecule has 0 saturated heterocycles. The van der Waals surface area contributed by atoms with E-state index in [-0.39, 0.29) is 25.2 Å². The van der Waals surface area contributed by atoms with Crippen LogP contribution < -0.4 is 0 Å². The first-order valence-corrected chi connectivity index (χ1v) is 20.2. The fraction of sp³-hybridized carbons (Fsp3) is 0.767. The lowest BCUT2D eigenvalue weighted by atomic mass is 10.1. The van der Waals surface area contributed by atoms with Crippen molar-refractivity contribution in [2.24, 2.45) is 0 Å². The summed E-state index contributed by atoms with van der Waals surface area (Å²) in [6.07, 6.45) is 48.9. The molecule has 0 aromatic carbocycles. The molecule has 48 heavy (non-hydrogen) atoms. The van der Waals surface area contributed by atoms with Gasteiger partial charge < -0.3 is 14.6 Å². The van der Waals surface area contributed by atoms with E-state index >= 15 is 0 Å². The molecule has 0 amide bonds. The first-order chi connectivity index (χ1) is 23.6. The van der Waals surface area contributed by atoms with Gasteiger partial charge in [0.05, 0.1) is 6.61 Å². The molecule has 278 valence electrons. The molecular formula is C43H76O5. The molecule has 5 nitrogen and oxygen atoms in total. The molecule has 1 atom stereocenters. The summed E-state index contributed by atoms with van der Waals surface area (Å²) < 4.78 is 10.6. The number of hydrogen-bond donors (Lipinski definition) is 1. The van der Waals surface area contributed by atoms with E-state index in [1.807, 2.05) is 0 Å². The van der Waals surface area contributed by atoms with E-state index in [9.17, 15) is 14.7 Å². The van der Waals surface area contributed by atoms with Gasteiger partial charge in [0.2, 0.25) is 0 Å². The summed E-state index contributed by atoms with van der Waals surface area (Å²) in [5.41, 5.74) is 0. The third-order valence-corrected chi connectivity index (χ3v) is 8.61. The number of unbranched alkanes of at least 4 members (excludes halogenated alkanes) is 20. The second-order valence-electron chi connectivity index (χ2n) is 13.3. The summed E-state index contributed by atoms with van der Waals surface area (Å²) >= 11 is 0. The Morgan fingerprint density at radius 2 is 0.896 bits per heavy atom. The Morgan fingerprint density at radius 3 is 1.38 bits per heavy atom. The number of carbonyl (C=O) groups is 2. The number of aliphatic hydroxyl groups excluding tert-OH is 1. The monoisotopic (exact) mass is 673 g/mol. The maximum atomic E-state index is 12.2. The topological polar surface area (TPSA) is 72.8 Å². The SMILES string of the molecule is CC/C=C/C/C=C/C/C=C/CCCCCCCC(=O)OC[C@H](CO)OC(=O)CCCCCCCCCCC/C=C/CCCCCCCC. The highest BCUT2D eigenvalue weighted by molar-refractivity contribution is 5.70. The zero-order valence-electron chi connectivity index (χ0n) is 31.5. The van der Waals surface area contributed by atoms with Gasteiger partial charge in [-0.2, -0.15) is 0 Å². The van der Waals surface area contributed by atoms with Crippen LogP contribution in [0.2, 0.25) is 0 Å². The van der Waals surface area contributed by atoms with Crippen LogP contribution in [0.5, 0.6) is 0 Å². The van der Waals surface area contributed by atoms with E-state index in [2.05, 4.69) is 62.5 Å². The van der Waals surface area contributed by atoms with Crippen molar-refractivity contribution in [3.8, 4) is 0 Å². The number of aliphatic hydroxyl groups is 1. The molecule has 0 bridgehead atoms. The first kappa shape index (κ1) is 45.9. The zero-order chi connectivity index (χ0) is 35.0. The smallest absolute Gasteiger partial charge is 0.306 e. The summed E-state index contributed by atoms with van der Waals surface area (Å²) in [5.74, 6) is -0.612. The standard InChI is InChI=1S/C43H76O5/c1-3-5-7-9-11-13-15-17-19-20-21-22-24-26-28-30-32-34-36-38-43(46)48-41(39-44)40-47-42(45)37-35-33-31-29-27-25-23-18-16-14-12-10-8-6-4-2/h6,8,12,14,17-19,23,41,44H,3-5,7,9-11,13,15-16,20-22,24-40H2,1-2H3/b8-6+,14-12+,19-17+,23-18+/t41-/m0/s1. The van der Waals surface area contributed by atoms with Crippen molar-refractivity contribution in [2.45, 2.75) is 200 Å². The molecule has 0 aliphatic carbocycles. The number of ether oxygens (including phenoxy) is 2. The van der Waals surface area contributed by atoms with Crippen LogP contribution in [0.4, 0.5) is 0 Å². The zero-order valence-corrected chi connectivity index (χ0v) is 31.5. The molecule has 0 heterocycles. The molecule has 0 aliphatic rings. The van der Waals surface area contributed by atoms with Crippen LogP contribution in [0.3, 0.4) is 0 Å². The van der Waals surface area contributed by atoms with Gasteiger partial charge in [0.25, 0.3) is 0 Å². The fourth-order valence-electron chi connectivity index (χ4n) is 5.56. The highest BCUT2D eigenvalue weighted by atomic mass is 16.6. The van der Waals surface area contributed by atoms with Crippen LogP contribution in [0, 0.1) is 0 Å². The second kappa shape index (κ2) is 39.3. The predicted molar refractivity (Wildman–Crippen MR) is 205 cm³/mol. The second-order valence-corrected chi connectivity index (χ2v) is 13.3. The molecule has 0 unspecified atom stereocenters. The molecule has 0 saturated carbocycles. The van der Waals surface area contributed by atoms with Crippen molar-refractivity contribution in [3.63, 3.8) is 0 Å². The maximum Gasteiger partial charge on any atom is 0.306 e. The highest BCUT2D eigenvalue weighted by Gasteiger charge is 2.16. The van der Waals surface area contributed by atoms with E-state index in [4.69, 9.17) is 9.47 Å². The van der Waals surface area contributed by atoms with Crippen molar-refractivity contribution >= 4 is 11.9 Å². The largest absolute Gasteiger partial charge is 0.462 e. The van der Waals surface area contributed by atoms with Gasteiger partial charge in [0.1, 0.15) is 6.61 Å². The Kier molecular flexibility index (Phi) is 37.5. The predicted octanol–water partition coefficient (Wildman–Crippen LogP) is 12.6. The fourth-order valence-corrected chi connectivity index (χ4v) is 5.56. The van der Waals surface area contributed by atoms with E-state index in [1.54, 1.807) is 0 Å². The number of allylic oxidation sites excluding steroid dienone is 8. The Hall–Kier alpha value is -2.14. The molecule has 0 aliphatic heterocycles. The summed E-state index contributed by atoms with van der Waals surface area (Å²) in [5, 5.41) is 9.56.